The number of allylic oxidation sites excluding steroid dienone is 2. The number of rotatable bonds is 8. The summed E-state index contributed by atoms with van der Waals surface area (Å²) in [6.07, 6.45) is 14.0. The van der Waals surface area contributed by atoms with E-state index in [0.717, 1.165) is 36.3 Å². The molecule has 0 aromatic heterocycles. The van der Waals surface area contributed by atoms with Crippen molar-refractivity contribution in [2.45, 2.75) is 44.6 Å². The van der Waals surface area contributed by atoms with Gasteiger partial charge in [0.05, 0.1) is 0 Å². The van der Waals surface area contributed by atoms with Crippen molar-refractivity contribution in [2.75, 3.05) is 13.2 Å². The van der Waals surface area contributed by atoms with E-state index in [-0.39, 0.29) is 11.4 Å². The van der Waals surface area contributed by atoms with Gasteiger partial charge in [0.25, 0.3) is 0 Å². The Morgan fingerprint density at radius 3 is 2.00 bits per heavy atom. The third-order valence-corrected chi connectivity index (χ3v) is 5.18. The van der Waals surface area contributed by atoms with Gasteiger partial charge < -0.3 is 14.6 Å². The van der Waals surface area contributed by atoms with Crippen LogP contribution in [0.3, 0.4) is 0 Å². The van der Waals surface area contributed by atoms with E-state index >= 15 is 0 Å². The predicted molar refractivity (Wildman–Crippen MR) is 116 cm³/mol. The first-order valence-corrected chi connectivity index (χ1v) is 10.2. The Morgan fingerprint density at radius 1 is 0.857 bits per heavy atom. The normalized spacial score (nSPS) is 16.6. The van der Waals surface area contributed by atoms with Gasteiger partial charge in [-0.3, -0.25) is 0 Å². The first-order valence-electron chi connectivity index (χ1n) is 10.2. The lowest BCUT2D eigenvalue weighted by Gasteiger charge is -2.36. The maximum atomic E-state index is 9.30. The summed E-state index contributed by atoms with van der Waals surface area (Å²) in [5, 5.41) is 9.30. The fourth-order valence-electron chi connectivity index (χ4n) is 3.64. The van der Waals surface area contributed by atoms with Crippen molar-refractivity contribution in [1.29, 1.82) is 0 Å². The largest absolute Gasteiger partial charge is 0.508 e. The number of hydrogen-bond acceptors (Lipinski definition) is 3. The summed E-state index contributed by atoms with van der Waals surface area (Å²) in [5.41, 5.74) is 2.07. The highest BCUT2D eigenvalue weighted by atomic mass is 16.5. The second kappa shape index (κ2) is 10.1. The van der Waals surface area contributed by atoms with Crippen molar-refractivity contribution in [3.63, 3.8) is 0 Å². The van der Waals surface area contributed by atoms with E-state index in [1.165, 1.54) is 19.3 Å². The molecule has 1 aliphatic carbocycles. The van der Waals surface area contributed by atoms with Crippen molar-refractivity contribution in [2.24, 2.45) is 0 Å². The van der Waals surface area contributed by atoms with Gasteiger partial charge in [-0.25, -0.2) is 0 Å². The van der Waals surface area contributed by atoms with Gasteiger partial charge in [-0.2, -0.15) is 0 Å². The number of ether oxygens (including phenoxy) is 2. The van der Waals surface area contributed by atoms with E-state index in [9.17, 15) is 5.11 Å². The van der Waals surface area contributed by atoms with Crippen LogP contribution in [0.2, 0.25) is 0 Å². The summed E-state index contributed by atoms with van der Waals surface area (Å²) in [6.45, 7) is 3.43. The van der Waals surface area contributed by atoms with Crippen molar-refractivity contribution in [3.05, 3.63) is 71.8 Å². The van der Waals surface area contributed by atoms with E-state index in [2.05, 4.69) is 25.1 Å². The molecule has 1 saturated carbocycles. The van der Waals surface area contributed by atoms with Crippen LogP contribution < -0.4 is 4.74 Å². The molecule has 0 amide bonds. The van der Waals surface area contributed by atoms with E-state index < -0.39 is 0 Å². The van der Waals surface area contributed by atoms with Gasteiger partial charge in [0.1, 0.15) is 23.7 Å². The average Bonchev–Trinajstić information content (AvgIpc) is 2.73. The first-order chi connectivity index (χ1) is 13.7. The number of aromatic hydroxyl groups is 1. The number of phenols is 1. The molecule has 28 heavy (non-hydrogen) atoms. The van der Waals surface area contributed by atoms with Crippen LogP contribution in [0.15, 0.2) is 60.7 Å². The molecule has 2 aromatic carbocycles. The van der Waals surface area contributed by atoms with Gasteiger partial charge in [0, 0.05) is 6.61 Å². The smallest absolute Gasteiger partial charge is 0.119 e. The summed E-state index contributed by atoms with van der Waals surface area (Å²) in [7, 11) is 0. The highest BCUT2D eigenvalue weighted by Gasteiger charge is 2.33. The minimum atomic E-state index is -0.107. The van der Waals surface area contributed by atoms with E-state index in [1.807, 2.05) is 42.5 Å². The van der Waals surface area contributed by atoms with Crippen molar-refractivity contribution < 1.29 is 14.6 Å². The van der Waals surface area contributed by atoms with Crippen LogP contribution in [0.5, 0.6) is 11.5 Å². The Labute approximate surface area is 168 Å². The quantitative estimate of drug-likeness (QED) is 0.553. The van der Waals surface area contributed by atoms with Gasteiger partial charge in [-0.15, -0.1) is 0 Å². The Hall–Kier alpha value is -2.52. The molecule has 3 heteroatoms. The lowest BCUT2D eigenvalue weighted by atomic mass is 9.85. The number of phenolic OH excluding ortho intramolecular Hbond substituents is 1. The molecule has 3 nitrogen and oxygen atoms in total. The second-order valence-corrected chi connectivity index (χ2v) is 7.34. The van der Waals surface area contributed by atoms with Crippen LogP contribution in [0, 0.1) is 0 Å². The molecule has 1 fully saturated rings. The number of hydrogen-bond donors (Lipinski definition) is 1. The maximum absolute atomic E-state index is 9.30. The van der Waals surface area contributed by atoms with Crippen molar-refractivity contribution >= 4 is 12.2 Å². The molecular formula is C25H30O3. The fourth-order valence-corrected chi connectivity index (χ4v) is 3.64. The minimum Gasteiger partial charge on any atom is -0.508 e. The lowest BCUT2D eigenvalue weighted by molar-refractivity contribution is -0.0901. The Kier molecular flexibility index (Phi) is 7.32. The molecule has 0 saturated heterocycles. The number of benzene rings is 2. The van der Waals surface area contributed by atoms with Gasteiger partial charge in [-0.1, -0.05) is 67.8 Å². The lowest BCUT2D eigenvalue weighted by Crippen LogP contribution is -2.41. The highest BCUT2D eigenvalue weighted by molar-refractivity contribution is 5.57. The van der Waals surface area contributed by atoms with E-state index in [1.54, 1.807) is 12.1 Å². The second-order valence-electron chi connectivity index (χ2n) is 7.34. The van der Waals surface area contributed by atoms with Gasteiger partial charge in [-0.05, 0) is 55.2 Å². The zero-order valence-corrected chi connectivity index (χ0v) is 16.6. The maximum Gasteiger partial charge on any atom is 0.119 e. The molecule has 0 unspecified atom stereocenters. The standard InChI is InChI=1S/C25H30O3/c1-2-28-25(18-6-3-7-19-25)20-27-24-16-12-22(13-17-24)9-5-4-8-21-10-14-23(26)15-11-21/h4-5,8-17,26H,2-3,6-7,18-20H2,1H3. The van der Waals surface area contributed by atoms with E-state index in [0.29, 0.717) is 6.61 Å². The van der Waals surface area contributed by atoms with Crippen LogP contribution in [-0.4, -0.2) is 23.9 Å². The van der Waals surface area contributed by atoms with Crippen LogP contribution in [0.25, 0.3) is 12.2 Å². The predicted octanol–water partition coefficient (Wildman–Crippen LogP) is 6.24. The zero-order chi connectivity index (χ0) is 19.7. The van der Waals surface area contributed by atoms with Crippen molar-refractivity contribution in [3.8, 4) is 11.5 Å². The monoisotopic (exact) mass is 378 g/mol. The molecule has 0 atom stereocenters. The molecule has 0 heterocycles. The molecule has 148 valence electrons. The Bertz CT molecular complexity index is 761. The fraction of sp³-hybridized carbons (Fsp3) is 0.360. The zero-order valence-electron chi connectivity index (χ0n) is 16.6. The molecule has 0 spiro atoms. The Balaban J connectivity index is 1.52. The molecule has 2 aromatic rings. The van der Waals surface area contributed by atoms with Crippen LogP contribution in [-0.2, 0) is 4.74 Å². The summed E-state index contributed by atoms with van der Waals surface area (Å²) >= 11 is 0. The third-order valence-electron chi connectivity index (χ3n) is 5.18. The topological polar surface area (TPSA) is 38.7 Å². The molecule has 0 aliphatic heterocycles. The van der Waals surface area contributed by atoms with Crippen LogP contribution >= 0.6 is 0 Å². The van der Waals surface area contributed by atoms with Crippen LogP contribution in [0.1, 0.15) is 50.2 Å². The van der Waals surface area contributed by atoms with Crippen LogP contribution in [0.4, 0.5) is 0 Å². The first kappa shape index (κ1) is 20.2. The van der Waals surface area contributed by atoms with Gasteiger partial charge in [0.2, 0.25) is 0 Å². The molecule has 0 radical (unpaired) electrons. The van der Waals surface area contributed by atoms with E-state index in [4.69, 9.17) is 9.47 Å². The average molecular weight is 379 g/mol. The third kappa shape index (κ3) is 6.00. The molecule has 3 rings (SSSR count). The molecule has 1 aliphatic rings. The van der Waals surface area contributed by atoms with Gasteiger partial charge in [0.15, 0.2) is 0 Å². The summed E-state index contributed by atoms with van der Waals surface area (Å²) in [5.74, 6) is 1.17. The highest BCUT2D eigenvalue weighted by Crippen LogP contribution is 2.32. The molecule has 1 N–H and O–H groups in total. The summed E-state index contributed by atoms with van der Waals surface area (Å²) in [6, 6.07) is 15.3. The summed E-state index contributed by atoms with van der Waals surface area (Å²) in [4.78, 5) is 0. The van der Waals surface area contributed by atoms with Crippen molar-refractivity contribution in [1.82, 2.24) is 0 Å². The summed E-state index contributed by atoms with van der Waals surface area (Å²) < 4.78 is 12.1. The SMILES string of the molecule is CCOC1(COc2ccc(C=CC=Cc3ccc(O)cc3)cc2)CCCCC1. The molecular weight excluding hydrogens is 348 g/mol. The minimum absolute atomic E-state index is 0.107. The van der Waals surface area contributed by atoms with Gasteiger partial charge >= 0.3 is 0 Å². The Morgan fingerprint density at radius 2 is 1.43 bits per heavy atom. The molecule has 0 bridgehead atoms.